The Balaban J connectivity index is 1.84. The predicted octanol–water partition coefficient (Wildman–Crippen LogP) is 4.48. The van der Waals surface area contributed by atoms with Gasteiger partial charge in [-0.3, -0.25) is 14.4 Å². The highest BCUT2D eigenvalue weighted by molar-refractivity contribution is 6.31. The fourth-order valence-corrected chi connectivity index (χ4v) is 5.70. The number of Topliss-reactive ketones (excluding diaryl/α,β-unsaturated/α-hetero) is 3. The maximum absolute atomic E-state index is 14.2. The maximum Gasteiger partial charge on any atom is 0.180 e. The van der Waals surface area contributed by atoms with Crippen LogP contribution in [-0.2, 0) is 4.79 Å². The highest BCUT2D eigenvalue weighted by Gasteiger charge is 2.71. The van der Waals surface area contributed by atoms with Gasteiger partial charge in [0, 0.05) is 28.7 Å². The van der Waals surface area contributed by atoms with Crippen LogP contribution in [-0.4, -0.2) is 34.3 Å². The van der Waals surface area contributed by atoms with Crippen LogP contribution < -0.4 is 0 Å². The van der Waals surface area contributed by atoms with Gasteiger partial charge < -0.3 is 4.90 Å². The van der Waals surface area contributed by atoms with Gasteiger partial charge in [0.05, 0.1) is 17.7 Å². The van der Waals surface area contributed by atoms with Crippen LogP contribution >= 0.6 is 0 Å². The van der Waals surface area contributed by atoms with E-state index in [0.29, 0.717) is 16.7 Å². The van der Waals surface area contributed by atoms with Crippen molar-refractivity contribution in [3.8, 4) is 6.07 Å². The summed E-state index contributed by atoms with van der Waals surface area (Å²) in [7, 11) is 0. The third-order valence-corrected chi connectivity index (χ3v) is 7.12. The molecule has 0 unspecified atom stereocenters. The van der Waals surface area contributed by atoms with Crippen LogP contribution in [0.3, 0.4) is 0 Å². The van der Waals surface area contributed by atoms with Crippen LogP contribution in [0.1, 0.15) is 53.0 Å². The van der Waals surface area contributed by atoms with E-state index in [0.717, 1.165) is 5.56 Å². The Hall–Kier alpha value is -3.78. The number of nitrogens with zero attached hydrogens (tertiary/aromatic N) is 2. The number of benzene rings is 2. The van der Waals surface area contributed by atoms with Gasteiger partial charge in [-0.25, -0.2) is 0 Å². The Morgan fingerprint density at radius 3 is 2.09 bits per heavy atom. The van der Waals surface area contributed by atoms with Crippen molar-refractivity contribution in [3.05, 3.63) is 95.2 Å². The van der Waals surface area contributed by atoms with E-state index in [2.05, 4.69) is 6.07 Å². The summed E-state index contributed by atoms with van der Waals surface area (Å²) in [4.78, 5) is 44.0. The van der Waals surface area contributed by atoms with Gasteiger partial charge in [0.2, 0.25) is 0 Å². The van der Waals surface area contributed by atoms with Gasteiger partial charge >= 0.3 is 0 Å². The minimum absolute atomic E-state index is 0.0707. The van der Waals surface area contributed by atoms with E-state index < -0.39 is 28.8 Å². The van der Waals surface area contributed by atoms with Crippen molar-refractivity contribution in [2.24, 2.45) is 10.8 Å². The third-order valence-electron chi connectivity index (χ3n) is 7.12. The summed E-state index contributed by atoms with van der Waals surface area (Å²) in [6.07, 6.45) is 5.05. The number of nitriles is 1. The van der Waals surface area contributed by atoms with Gasteiger partial charge in [0.25, 0.3) is 0 Å². The molecule has 33 heavy (non-hydrogen) atoms. The molecule has 1 spiro atoms. The van der Waals surface area contributed by atoms with Crippen LogP contribution in [0, 0.1) is 22.2 Å². The molecule has 164 valence electrons. The van der Waals surface area contributed by atoms with Crippen molar-refractivity contribution < 1.29 is 14.4 Å². The first-order valence-corrected chi connectivity index (χ1v) is 11.1. The largest absolute Gasteiger partial charge is 0.358 e. The Labute approximate surface area is 193 Å². The molecule has 1 fully saturated rings. The number of hydrogen-bond donors (Lipinski definition) is 0. The minimum Gasteiger partial charge on any atom is -0.358 e. The molecule has 3 atom stereocenters. The zero-order valence-corrected chi connectivity index (χ0v) is 18.8. The lowest BCUT2D eigenvalue weighted by Gasteiger charge is -2.34. The average Bonchev–Trinajstić information content (AvgIpc) is 3.24. The first-order chi connectivity index (χ1) is 15.7. The fourth-order valence-electron chi connectivity index (χ4n) is 5.70. The van der Waals surface area contributed by atoms with E-state index in [9.17, 15) is 19.6 Å². The lowest BCUT2D eigenvalue weighted by molar-refractivity contribution is -0.130. The van der Waals surface area contributed by atoms with Crippen molar-refractivity contribution in [3.63, 3.8) is 0 Å². The highest BCUT2D eigenvalue weighted by atomic mass is 16.2. The van der Waals surface area contributed by atoms with E-state index in [4.69, 9.17) is 0 Å². The molecule has 0 bridgehead atoms. The second kappa shape index (κ2) is 7.11. The normalized spacial score (nSPS) is 25.0. The SMILES string of the molecule is CC(C)(C)C(=O)[C@@H]1[C@H](c2ccccc2)C2(C(=O)c3ccccc3C2=O)[C@H]2C=CC(C#N)=CN12. The Morgan fingerprint density at radius 2 is 1.55 bits per heavy atom. The number of ketones is 3. The van der Waals surface area contributed by atoms with E-state index in [1.807, 2.05) is 51.1 Å². The zero-order valence-electron chi connectivity index (χ0n) is 18.8. The highest BCUT2D eigenvalue weighted by Crippen LogP contribution is 2.59. The van der Waals surface area contributed by atoms with Crippen molar-refractivity contribution in [1.29, 1.82) is 5.26 Å². The first kappa shape index (κ1) is 21.1. The van der Waals surface area contributed by atoms with Gasteiger partial charge in [-0.1, -0.05) is 81.4 Å². The Morgan fingerprint density at radius 1 is 0.970 bits per heavy atom. The number of carbonyl (C=O) groups is 3. The lowest BCUT2D eigenvalue weighted by Crippen LogP contribution is -2.47. The first-order valence-electron chi connectivity index (χ1n) is 11.1. The van der Waals surface area contributed by atoms with Gasteiger partial charge in [-0.15, -0.1) is 0 Å². The molecule has 0 amide bonds. The van der Waals surface area contributed by atoms with Crippen LogP contribution in [0.2, 0.25) is 0 Å². The van der Waals surface area contributed by atoms with E-state index >= 15 is 0 Å². The van der Waals surface area contributed by atoms with Gasteiger partial charge in [0.1, 0.15) is 11.5 Å². The maximum atomic E-state index is 14.2. The standard InChI is InChI=1S/C28H24N2O3/c1-27(2,3)26(33)23-22(18-9-5-4-6-10-18)28(21-14-13-17(15-29)16-30(21)23)24(31)19-11-7-8-12-20(19)25(28)32/h4-14,16,21-23H,1-3H3/t21-,22+,23+/m1/s1. The summed E-state index contributed by atoms with van der Waals surface area (Å²) >= 11 is 0. The molecule has 0 N–H and O–H groups in total. The molecule has 3 aliphatic rings. The second-order valence-electron chi connectivity index (χ2n) is 9.97. The van der Waals surface area contributed by atoms with Crippen LogP contribution in [0.25, 0.3) is 0 Å². The molecule has 5 heteroatoms. The molecule has 2 aliphatic heterocycles. The molecule has 0 saturated carbocycles. The average molecular weight is 437 g/mol. The minimum atomic E-state index is -1.48. The predicted molar refractivity (Wildman–Crippen MR) is 123 cm³/mol. The summed E-state index contributed by atoms with van der Waals surface area (Å²) in [5, 5.41) is 9.57. The monoisotopic (exact) mass is 436 g/mol. The third kappa shape index (κ3) is 2.74. The van der Waals surface area contributed by atoms with E-state index in [1.54, 1.807) is 47.5 Å². The molecule has 5 nitrogen and oxygen atoms in total. The molecule has 5 rings (SSSR count). The zero-order chi connectivity index (χ0) is 23.5. The summed E-state index contributed by atoms with van der Waals surface area (Å²) in [6, 6.07) is 17.0. The summed E-state index contributed by atoms with van der Waals surface area (Å²) in [6.45, 7) is 5.54. The summed E-state index contributed by atoms with van der Waals surface area (Å²) in [5.41, 5.74) is -0.245. The summed E-state index contributed by atoms with van der Waals surface area (Å²) < 4.78 is 0. The van der Waals surface area contributed by atoms with Crippen molar-refractivity contribution in [1.82, 2.24) is 4.90 Å². The van der Waals surface area contributed by atoms with Gasteiger partial charge in [0.15, 0.2) is 17.3 Å². The molecule has 0 aromatic heterocycles. The molecule has 2 aromatic rings. The number of allylic oxidation sites excluding steroid dienone is 2. The van der Waals surface area contributed by atoms with Crippen molar-refractivity contribution >= 4 is 17.3 Å². The second-order valence-corrected chi connectivity index (χ2v) is 9.97. The Kier molecular flexibility index (Phi) is 4.54. The fraction of sp³-hybridized carbons (Fsp3) is 0.286. The molecule has 1 saturated heterocycles. The van der Waals surface area contributed by atoms with Gasteiger partial charge in [-0.05, 0) is 11.6 Å². The van der Waals surface area contributed by atoms with Gasteiger partial charge in [-0.2, -0.15) is 5.26 Å². The van der Waals surface area contributed by atoms with Crippen molar-refractivity contribution in [2.75, 3.05) is 0 Å². The van der Waals surface area contributed by atoms with Crippen LogP contribution in [0.5, 0.6) is 0 Å². The molecule has 1 aliphatic carbocycles. The number of rotatable bonds is 2. The number of fused-ring (bicyclic) bond motifs is 3. The summed E-state index contributed by atoms with van der Waals surface area (Å²) in [5.74, 6) is -1.27. The molecular formula is C28H24N2O3. The topological polar surface area (TPSA) is 78.2 Å². The quantitative estimate of drug-likeness (QED) is 0.649. The lowest BCUT2D eigenvalue weighted by atomic mass is 9.63. The molecular weight excluding hydrogens is 412 g/mol. The Bertz CT molecular complexity index is 1260. The van der Waals surface area contributed by atoms with Crippen LogP contribution in [0.4, 0.5) is 0 Å². The smallest absolute Gasteiger partial charge is 0.180 e. The van der Waals surface area contributed by atoms with E-state index in [1.165, 1.54) is 0 Å². The molecule has 2 aromatic carbocycles. The number of hydrogen-bond acceptors (Lipinski definition) is 5. The van der Waals surface area contributed by atoms with Crippen LogP contribution in [0.15, 0.2) is 78.5 Å². The molecule has 0 radical (unpaired) electrons. The van der Waals surface area contributed by atoms with Crippen molar-refractivity contribution in [2.45, 2.75) is 38.8 Å². The number of carbonyl (C=O) groups excluding carboxylic acids is 3. The van der Waals surface area contributed by atoms with E-state index in [-0.39, 0.29) is 17.3 Å². The molecule has 2 heterocycles.